The van der Waals surface area contributed by atoms with Crippen LogP contribution in [0.4, 0.5) is 0 Å². The zero-order valence-corrected chi connectivity index (χ0v) is 17.6. The van der Waals surface area contributed by atoms with Crippen LogP contribution in [0, 0.1) is 25.7 Å². The number of aryl methyl sites for hydroxylation is 2. The highest BCUT2D eigenvalue weighted by molar-refractivity contribution is 7.98. The standard InChI is InChI=1S/C17H29N3O4S2/c1-5-14-11-20(26(22,23)17-12(2)19-24-13(17)3)8-6-15(14)10-16(21)18-7-9-25-4/h14-15H,5-11H2,1-4H3,(H,18,21)/t14-,15+/m1/s1. The van der Waals surface area contributed by atoms with Gasteiger partial charge in [0.15, 0.2) is 5.76 Å². The van der Waals surface area contributed by atoms with Crippen molar-refractivity contribution in [1.82, 2.24) is 14.8 Å². The summed E-state index contributed by atoms with van der Waals surface area (Å²) in [7, 11) is -3.62. The second kappa shape index (κ2) is 9.23. The van der Waals surface area contributed by atoms with Crippen molar-refractivity contribution in [2.45, 2.75) is 44.9 Å². The van der Waals surface area contributed by atoms with E-state index in [1.165, 1.54) is 4.31 Å². The van der Waals surface area contributed by atoms with E-state index >= 15 is 0 Å². The first-order chi connectivity index (χ1) is 12.3. The SMILES string of the molecule is CC[C@@H]1CN(S(=O)(=O)c2c(C)noc2C)CC[C@H]1CC(=O)NCCSC. The molecule has 0 spiro atoms. The van der Waals surface area contributed by atoms with E-state index in [-0.39, 0.29) is 22.6 Å². The minimum absolute atomic E-state index is 0.0598. The highest BCUT2D eigenvalue weighted by Gasteiger charge is 2.38. The Balaban J connectivity index is 2.04. The van der Waals surface area contributed by atoms with Crippen molar-refractivity contribution in [2.24, 2.45) is 11.8 Å². The fraction of sp³-hybridized carbons (Fsp3) is 0.765. The summed E-state index contributed by atoms with van der Waals surface area (Å²) in [6.07, 6.45) is 4.01. The first-order valence-corrected chi connectivity index (χ1v) is 11.8. The number of hydrogen-bond donors (Lipinski definition) is 1. The van der Waals surface area contributed by atoms with Gasteiger partial charge >= 0.3 is 0 Å². The number of amides is 1. The van der Waals surface area contributed by atoms with Crippen LogP contribution in [0.5, 0.6) is 0 Å². The van der Waals surface area contributed by atoms with Crippen LogP contribution in [0.15, 0.2) is 9.42 Å². The van der Waals surface area contributed by atoms with Crippen molar-refractivity contribution in [2.75, 3.05) is 31.6 Å². The second-order valence-electron chi connectivity index (χ2n) is 6.78. The molecule has 2 atom stereocenters. The molecular weight excluding hydrogens is 374 g/mol. The molecule has 0 aliphatic carbocycles. The van der Waals surface area contributed by atoms with Gasteiger partial charge in [-0.1, -0.05) is 18.5 Å². The number of hydrogen-bond acceptors (Lipinski definition) is 6. The molecule has 1 aromatic heterocycles. The van der Waals surface area contributed by atoms with Crippen LogP contribution in [0.1, 0.15) is 37.6 Å². The van der Waals surface area contributed by atoms with Gasteiger partial charge in [-0.15, -0.1) is 0 Å². The Morgan fingerprint density at radius 3 is 2.69 bits per heavy atom. The molecule has 1 fully saturated rings. The summed E-state index contributed by atoms with van der Waals surface area (Å²) in [5.74, 6) is 1.67. The molecule has 0 aromatic carbocycles. The summed E-state index contributed by atoms with van der Waals surface area (Å²) < 4.78 is 32.6. The van der Waals surface area contributed by atoms with Gasteiger partial charge in [0.05, 0.1) is 0 Å². The molecule has 1 saturated heterocycles. The number of thioether (sulfide) groups is 1. The van der Waals surface area contributed by atoms with Crippen LogP contribution in [0.25, 0.3) is 0 Å². The molecule has 1 aliphatic rings. The van der Waals surface area contributed by atoms with E-state index in [0.717, 1.165) is 12.2 Å². The average molecular weight is 404 g/mol. The normalized spacial score (nSPS) is 21.7. The minimum atomic E-state index is -3.62. The number of carbonyl (C=O) groups is 1. The first kappa shape index (κ1) is 21.2. The number of sulfonamides is 1. The molecule has 148 valence electrons. The maximum atomic E-state index is 13.0. The van der Waals surface area contributed by atoms with Crippen LogP contribution in [-0.4, -0.2) is 55.4 Å². The number of piperidine rings is 1. The third-order valence-corrected chi connectivity index (χ3v) is 7.74. The third-order valence-electron chi connectivity index (χ3n) is 5.02. The van der Waals surface area contributed by atoms with Crippen LogP contribution in [-0.2, 0) is 14.8 Å². The maximum Gasteiger partial charge on any atom is 0.248 e. The lowest BCUT2D eigenvalue weighted by atomic mass is 9.82. The Morgan fingerprint density at radius 1 is 1.38 bits per heavy atom. The molecule has 1 aromatic rings. The van der Waals surface area contributed by atoms with Gasteiger partial charge in [-0.3, -0.25) is 4.79 Å². The molecule has 0 bridgehead atoms. The highest BCUT2D eigenvalue weighted by atomic mass is 32.2. The zero-order valence-electron chi connectivity index (χ0n) is 15.9. The molecule has 2 rings (SSSR count). The maximum absolute atomic E-state index is 13.0. The smallest absolute Gasteiger partial charge is 0.248 e. The van der Waals surface area contributed by atoms with Gasteiger partial charge in [-0.05, 0) is 38.4 Å². The monoisotopic (exact) mass is 403 g/mol. The van der Waals surface area contributed by atoms with Crippen molar-refractivity contribution < 1.29 is 17.7 Å². The van der Waals surface area contributed by atoms with Crippen molar-refractivity contribution >= 4 is 27.7 Å². The van der Waals surface area contributed by atoms with E-state index in [1.807, 2.05) is 6.26 Å². The van der Waals surface area contributed by atoms with E-state index < -0.39 is 10.0 Å². The lowest BCUT2D eigenvalue weighted by Gasteiger charge is -2.37. The molecular formula is C17H29N3O4S2. The summed E-state index contributed by atoms with van der Waals surface area (Å²) in [4.78, 5) is 12.3. The molecule has 1 amide bonds. The predicted octanol–water partition coefficient (Wildman–Crippen LogP) is 2.20. The molecule has 26 heavy (non-hydrogen) atoms. The van der Waals surface area contributed by atoms with Crippen LogP contribution in [0.2, 0.25) is 0 Å². The fourth-order valence-corrected chi connectivity index (χ4v) is 5.68. The van der Waals surface area contributed by atoms with E-state index in [4.69, 9.17) is 4.52 Å². The Bertz CT molecular complexity index is 698. The Hall–Kier alpha value is -1.06. The number of aromatic nitrogens is 1. The summed E-state index contributed by atoms with van der Waals surface area (Å²) >= 11 is 1.70. The zero-order chi connectivity index (χ0) is 19.3. The predicted molar refractivity (Wildman–Crippen MR) is 103 cm³/mol. The lowest BCUT2D eigenvalue weighted by Crippen LogP contribution is -2.45. The molecule has 0 unspecified atom stereocenters. The Kier molecular flexibility index (Phi) is 7.54. The van der Waals surface area contributed by atoms with E-state index in [0.29, 0.717) is 43.9 Å². The van der Waals surface area contributed by atoms with Crippen molar-refractivity contribution in [3.8, 4) is 0 Å². The van der Waals surface area contributed by atoms with Gasteiger partial charge in [0.2, 0.25) is 15.9 Å². The molecule has 1 N–H and O–H groups in total. The number of nitrogens with zero attached hydrogens (tertiary/aromatic N) is 2. The van der Waals surface area contributed by atoms with Crippen molar-refractivity contribution in [3.05, 3.63) is 11.5 Å². The lowest BCUT2D eigenvalue weighted by molar-refractivity contribution is -0.122. The highest BCUT2D eigenvalue weighted by Crippen LogP contribution is 2.33. The van der Waals surface area contributed by atoms with Crippen molar-refractivity contribution in [1.29, 1.82) is 0 Å². The molecule has 1 aliphatic heterocycles. The van der Waals surface area contributed by atoms with Gasteiger partial charge in [0, 0.05) is 31.8 Å². The average Bonchev–Trinajstić information content (AvgIpc) is 2.94. The second-order valence-corrected chi connectivity index (χ2v) is 9.64. The Morgan fingerprint density at radius 2 is 2.12 bits per heavy atom. The first-order valence-electron chi connectivity index (χ1n) is 8.99. The summed E-state index contributed by atoms with van der Waals surface area (Å²) in [5.41, 5.74) is 0.394. The van der Waals surface area contributed by atoms with Gasteiger partial charge < -0.3 is 9.84 Å². The van der Waals surface area contributed by atoms with Crippen molar-refractivity contribution in [3.63, 3.8) is 0 Å². The van der Waals surface area contributed by atoms with Gasteiger partial charge in [0.1, 0.15) is 10.6 Å². The summed E-state index contributed by atoms with van der Waals surface area (Å²) in [5, 5.41) is 6.71. The van der Waals surface area contributed by atoms with Crippen LogP contribution >= 0.6 is 11.8 Å². The van der Waals surface area contributed by atoms with Crippen LogP contribution in [0.3, 0.4) is 0 Å². The third kappa shape index (κ3) is 4.80. The molecule has 0 saturated carbocycles. The number of nitrogens with one attached hydrogen (secondary N) is 1. The van der Waals surface area contributed by atoms with E-state index in [2.05, 4.69) is 17.4 Å². The fourth-order valence-electron chi connectivity index (χ4n) is 3.57. The molecule has 7 nitrogen and oxygen atoms in total. The quantitative estimate of drug-likeness (QED) is 0.669. The topological polar surface area (TPSA) is 92.5 Å². The van der Waals surface area contributed by atoms with Gasteiger partial charge in [-0.25, -0.2) is 8.42 Å². The largest absolute Gasteiger partial charge is 0.360 e. The van der Waals surface area contributed by atoms with E-state index in [1.54, 1.807) is 25.6 Å². The minimum Gasteiger partial charge on any atom is -0.360 e. The van der Waals surface area contributed by atoms with Gasteiger partial charge in [0.25, 0.3) is 0 Å². The molecule has 9 heteroatoms. The molecule has 0 radical (unpaired) electrons. The summed E-state index contributed by atoms with van der Waals surface area (Å²) in [6.45, 7) is 6.85. The van der Waals surface area contributed by atoms with Gasteiger partial charge in [-0.2, -0.15) is 16.1 Å². The number of rotatable bonds is 8. The summed E-state index contributed by atoms with van der Waals surface area (Å²) in [6, 6.07) is 0. The van der Waals surface area contributed by atoms with Crippen LogP contribution < -0.4 is 5.32 Å². The number of carbonyl (C=O) groups excluding carboxylic acids is 1. The van der Waals surface area contributed by atoms with E-state index in [9.17, 15) is 13.2 Å². The Labute approximate surface area is 160 Å². The molecule has 2 heterocycles.